The minimum atomic E-state index is 0.676. The van der Waals surface area contributed by atoms with Gasteiger partial charge in [0, 0.05) is 17.9 Å². The number of nitrogens with zero attached hydrogens (tertiary/aromatic N) is 2. The Bertz CT molecular complexity index is 483. The molecule has 3 rings (SSSR count). The third-order valence-electron chi connectivity index (χ3n) is 5.81. The van der Waals surface area contributed by atoms with E-state index in [4.69, 9.17) is 4.98 Å². The van der Waals surface area contributed by atoms with Crippen molar-refractivity contribution in [3.8, 4) is 0 Å². The molecule has 1 aliphatic carbocycles. The van der Waals surface area contributed by atoms with E-state index in [0.29, 0.717) is 6.04 Å². The van der Waals surface area contributed by atoms with E-state index < -0.39 is 0 Å². The Morgan fingerprint density at radius 2 is 1.95 bits per heavy atom. The molecule has 1 aromatic heterocycles. The average Bonchev–Trinajstić information content (AvgIpc) is 2.92. The lowest BCUT2D eigenvalue weighted by Gasteiger charge is -2.32. The summed E-state index contributed by atoms with van der Waals surface area (Å²) in [5.74, 6) is 0.891. The second-order valence-corrected chi connectivity index (χ2v) is 7.36. The highest BCUT2D eigenvalue weighted by Gasteiger charge is 2.37. The molecule has 1 aromatic rings. The monoisotopic (exact) mass is 300 g/mol. The van der Waals surface area contributed by atoms with Gasteiger partial charge in [-0.3, -0.25) is 9.88 Å². The number of fused-ring (bicyclic) bond motifs is 3. The highest BCUT2D eigenvalue weighted by atomic mass is 15.2. The van der Waals surface area contributed by atoms with Crippen LogP contribution in [0.15, 0.2) is 12.3 Å². The Kier molecular flexibility index (Phi) is 5.51. The Hall–Kier alpha value is -0.890. The predicted octanol–water partition coefficient (Wildman–Crippen LogP) is 4.92. The molecule has 22 heavy (non-hydrogen) atoms. The molecule has 2 heteroatoms. The molecular formula is C20H32N2. The van der Waals surface area contributed by atoms with Gasteiger partial charge >= 0.3 is 0 Å². The van der Waals surface area contributed by atoms with Gasteiger partial charge < -0.3 is 0 Å². The van der Waals surface area contributed by atoms with Gasteiger partial charge in [0.1, 0.15) is 0 Å². The van der Waals surface area contributed by atoms with Gasteiger partial charge in [-0.15, -0.1) is 0 Å². The number of hydrogen-bond donors (Lipinski definition) is 0. The number of rotatable bonds is 7. The SMILES string of the molecule is CCCCCCCCc1nccc2c1CC[C@H]1CCN(C)[C@@H]21. The summed E-state index contributed by atoms with van der Waals surface area (Å²) < 4.78 is 0. The number of aryl methyl sites for hydroxylation is 1. The fourth-order valence-corrected chi connectivity index (χ4v) is 4.56. The topological polar surface area (TPSA) is 16.1 Å². The molecule has 0 spiro atoms. The fraction of sp³-hybridized carbons (Fsp3) is 0.750. The lowest BCUT2D eigenvalue weighted by molar-refractivity contribution is 0.256. The second-order valence-electron chi connectivity index (χ2n) is 7.36. The maximum absolute atomic E-state index is 4.75. The van der Waals surface area contributed by atoms with Gasteiger partial charge in [-0.05, 0) is 68.8 Å². The first-order valence-electron chi connectivity index (χ1n) is 9.48. The van der Waals surface area contributed by atoms with Crippen LogP contribution < -0.4 is 0 Å². The molecule has 0 N–H and O–H groups in total. The zero-order chi connectivity index (χ0) is 15.4. The van der Waals surface area contributed by atoms with Crippen molar-refractivity contribution in [2.75, 3.05) is 13.6 Å². The van der Waals surface area contributed by atoms with E-state index in [2.05, 4.69) is 31.1 Å². The molecule has 2 atom stereocenters. The van der Waals surface area contributed by atoms with Crippen LogP contribution in [0, 0.1) is 5.92 Å². The molecular weight excluding hydrogens is 268 g/mol. The van der Waals surface area contributed by atoms with E-state index in [1.165, 1.54) is 76.4 Å². The summed E-state index contributed by atoms with van der Waals surface area (Å²) in [7, 11) is 2.30. The van der Waals surface area contributed by atoms with E-state index in [1.54, 1.807) is 11.1 Å². The van der Waals surface area contributed by atoms with Crippen molar-refractivity contribution >= 4 is 0 Å². The molecule has 2 aliphatic rings. The number of hydrogen-bond acceptors (Lipinski definition) is 2. The van der Waals surface area contributed by atoms with Gasteiger partial charge in [-0.25, -0.2) is 0 Å². The van der Waals surface area contributed by atoms with Gasteiger partial charge in [0.05, 0.1) is 0 Å². The van der Waals surface area contributed by atoms with E-state index >= 15 is 0 Å². The van der Waals surface area contributed by atoms with E-state index in [-0.39, 0.29) is 0 Å². The van der Waals surface area contributed by atoms with E-state index in [9.17, 15) is 0 Å². The summed E-state index contributed by atoms with van der Waals surface area (Å²) in [4.78, 5) is 7.31. The van der Waals surface area contributed by atoms with Crippen LogP contribution in [0.25, 0.3) is 0 Å². The third-order valence-corrected chi connectivity index (χ3v) is 5.81. The molecule has 1 fully saturated rings. The predicted molar refractivity (Wildman–Crippen MR) is 93.1 cm³/mol. The Morgan fingerprint density at radius 1 is 1.14 bits per heavy atom. The molecule has 0 unspecified atom stereocenters. The van der Waals surface area contributed by atoms with Crippen molar-refractivity contribution in [1.29, 1.82) is 0 Å². The van der Waals surface area contributed by atoms with Crippen molar-refractivity contribution < 1.29 is 0 Å². The highest BCUT2D eigenvalue weighted by Crippen LogP contribution is 2.44. The molecule has 0 saturated carbocycles. The van der Waals surface area contributed by atoms with Crippen LogP contribution in [0.4, 0.5) is 0 Å². The molecule has 0 bridgehead atoms. The van der Waals surface area contributed by atoms with Crippen LogP contribution >= 0.6 is 0 Å². The van der Waals surface area contributed by atoms with Crippen LogP contribution in [0.5, 0.6) is 0 Å². The molecule has 0 aromatic carbocycles. The first kappa shape index (κ1) is 16.0. The second kappa shape index (κ2) is 7.59. The highest BCUT2D eigenvalue weighted by molar-refractivity contribution is 5.36. The normalized spacial score (nSPS) is 24.3. The van der Waals surface area contributed by atoms with Gasteiger partial charge in [0.25, 0.3) is 0 Å². The first-order valence-corrected chi connectivity index (χ1v) is 9.48. The lowest BCUT2D eigenvalue weighted by Crippen LogP contribution is -2.26. The minimum absolute atomic E-state index is 0.676. The Labute approximate surface area is 136 Å². The number of likely N-dealkylation sites (tertiary alicyclic amines) is 1. The largest absolute Gasteiger partial charge is 0.299 e. The summed E-state index contributed by atoms with van der Waals surface area (Å²) in [5, 5.41) is 0. The summed E-state index contributed by atoms with van der Waals surface area (Å²) in [6.45, 7) is 3.55. The summed E-state index contributed by atoms with van der Waals surface area (Å²) >= 11 is 0. The summed E-state index contributed by atoms with van der Waals surface area (Å²) in [5.41, 5.74) is 4.62. The fourth-order valence-electron chi connectivity index (χ4n) is 4.56. The maximum atomic E-state index is 4.75. The lowest BCUT2D eigenvalue weighted by atomic mass is 9.79. The van der Waals surface area contributed by atoms with Crippen molar-refractivity contribution in [2.24, 2.45) is 5.92 Å². The Morgan fingerprint density at radius 3 is 2.82 bits per heavy atom. The molecule has 0 amide bonds. The van der Waals surface area contributed by atoms with E-state index in [1.807, 2.05) is 0 Å². The zero-order valence-corrected chi connectivity index (χ0v) is 14.5. The van der Waals surface area contributed by atoms with Crippen molar-refractivity contribution in [3.05, 3.63) is 29.1 Å². The molecule has 1 saturated heterocycles. The van der Waals surface area contributed by atoms with Crippen molar-refractivity contribution in [3.63, 3.8) is 0 Å². The smallest absolute Gasteiger partial charge is 0.0438 e. The average molecular weight is 300 g/mol. The minimum Gasteiger partial charge on any atom is -0.299 e. The molecule has 1 aliphatic heterocycles. The maximum Gasteiger partial charge on any atom is 0.0438 e. The van der Waals surface area contributed by atoms with Gasteiger partial charge in [-0.2, -0.15) is 0 Å². The van der Waals surface area contributed by atoms with Crippen LogP contribution in [0.3, 0.4) is 0 Å². The van der Waals surface area contributed by atoms with Crippen molar-refractivity contribution in [1.82, 2.24) is 9.88 Å². The number of unbranched alkanes of at least 4 members (excludes halogenated alkanes) is 5. The van der Waals surface area contributed by atoms with Gasteiger partial charge in [0.15, 0.2) is 0 Å². The van der Waals surface area contributed by atoms with Crippen LogP contribution in [0.2, 0.25) is 0 Å². The first-order chi connectivity index (χ1) is 10.8. The molecule has 2 nitrogen and oxygen atoms in total. The van der Waals surface area contributed by atoms with Crippen LogP contribution in [-0.2, 0) is 12.8 Å². The Balaban J connectivity index is 1.62. The zero-order valence-electron chi connectivity index (χ0n) is 14.5. The van der Waals surface area contributed by atoms with Crippen LogP contribution in [0.1, 0.15) is 81.2 Å². The summed E-state index contributed by atoms with van der Waals surface area (Å²) in [6.07, 6.45) is 15.5. The van der Waals surface area contributed by atoms with E-state index in [0.717, 1.165) is 5.92 Å². The third kappa shape index (κ3) is 3.37. The summed E-state index contributed by atoms with van der Waals surface area (Å²) in [6, 6.07) is 2.98. The van der Waals surface area contributed by atoms with Crippen LogP contribution in [-0.4, -0.2) is 23.5 Å². The molecule has 122 valence electrons. The van der Waals surface area contributed by atoms with Gasteiger partial charge in [-0.1, -0.05) is 39.0 Å². The van der Waals surface area contributed by atoms with Crippen molar-refractivity contribution in [2.45, 2.75) is 77.2 Å². The molecule has 0 radical (unpaired) electrons. The standard InChI is InChI=1S/C20H32N2/c1-3-4-5-6-7-8-9-19-17-11-10-16-13-15-22(2)20(16)18(17)12-14-21-19/h12,14,16,20H,3-11,13,15H2,1-2H3/t16-,20+/m0/s1. The van der Waals surface area contributed by atoms with Gasteiger partial charge in [0.2, 0.25) is 0 Å². The number of pyridine rings is 1. The number of aromatic nitrogens is 1. The molecule has 2 heterocycles. The quantitative estimate of drug-likeness (QED) is 0.664.